The van der Waals surface area contributed by atoms with Crippen molar-refractivity contribution < 1.29 is 14.2 Å². The van der Waals surface area contributed by atoms with E-state index in [1.54, 1.807) is 18.3 Å². The van der Waals surface area contributed by atoms with Crippen molar-refractivity contribution in [2.24, 2.45) is 0 Å². The van der Waals surface area contributed by atoms with Crippen molar-refractivity contribution in [3.05, 3.63) is 59.7 Å². The van der Waals surface area contributed by atoms with Gasteiger partial charge in [0.15, 0.2) is 11.6 Å². The van der Waals surface area contributed by atoms with Crippen LogP contribution in [0.25, 0.3) is 0 Å². The first-order valence-corrected chi connectivity index (χ1v) is 7.49. The van der Waals surface area contributed by atoms with E-state index in [2.05, 4.69) is 10.3 Å². The maximum Gasteiger partial charge on any atom is 0.165 e. The number of aromatic nitrogens is 1. The number of hydrogen-bond donors (Lipinski definition) is 2. The molecule has 116 valence electrons. The highest BCUT2D eigenvalue weighted by Gasteiger charge is 2.22. The van der Waals surface area contributed by atoms with Gasteiger partial charge in [0.1, 0.15) is 6.10 Å². The van der Waals surface area contributed by atoms with Crippen LogP contribution >= 0.6 is 0 Å². The molecule has 22 heavy (non-hydrogen) atoms. The Hall–Kier alpha value is -1.98. The molecule has 2 aromatic rings. The van der Waals surface area contributed by atoms with Gasteiger partial charge in [-0.15, -0.1) is 0 Å². The Morgan fingerprint density at radius 2 is 2.23 bits per heavy atom. The van der Waals surface area contributed by atoms with E-state index >= 15 is 0 Å². The number of hydrogen-bond acceptors (Lipinski definition) is 4. The van der Waals surface area contributed by atoms with Gasteiger partial charge in [-0.1, -0.05) is 18.2 Å². The summed E-state index contributed by atoms with van der Waals surface area (Å²) in [6, 6.07) is 10.4. The lowest BCUT2D eigenvalue weighted by atomic mass is 10.0. The number of pyridine rings is 1. The summed E-state index contributed by atoms with van der Waals surface area (Å²) in [6.45, 7) is 0.868. The summed E-state index contributed by atoms with van der Waals surface area (Å²) < 4.78 is 19.4. The van der Waals surface area contributed by atoms with Crippen molar-refractivity contribution in [3.8, 4) is 5.75 Å². The van der Waals surface area contributed by atoms with Gasteiger partial charge < -0.3 is 15.2 Å². The van der Waals surface area contributed by atoms with Gasteiger partial charge in [0.2, 0.25) is 0 Å². The lowest BCUT2D eigenvalue weighted by Crippen LogP contribution is -2.26. The van der Waals surface area contributed by atoms with Gasteiger partial charge >= 0.3 is 0 Å². The second-order valence-electron chi connectivity index (χ2n) is 5.38. The number of benzene rings is 1. The number of para-hydroxylation sites is 1. The Bertz CT molecular complexity index is 621. The molecule has 0 bridgehead atoms. The predicted octanol–water partition coefficient (Wildman–Crippen LogP) is 2.76. The summed E-state index contributed by atoms with van der Waals surface area (Å²) in [7, 11) is 0. The highest BCUT2D eigenvalue weighted by atomic mass is 19.1. The smallest absolute Gasteiger partial charge is 0.165 e. The Kier molecular flexibility index (Phi) is 4.65. The quantitative estimate of drug-likeness (QED) is 0.912. The molecule has 1 aliphatic heterocycles. The first kappa shape index (κ1) is 14.9. The molecule has 0 aliphatic carbocycles. The van der Waals surface area contributed by atoms with Gasteiger partial charge in [0.25, 0.3) is 0 Å². The van der Waals surface area contributed by atoms with E-state index in [1.165, 1.54) is 6.07 Å². The van der Waals surface area contributed by atoms with E-state index in [1.807, 2.05) is 18.2 Å². The van der Waals surface area contributed by atoms with Crippen LogP contribution in [0.1, 0.15) is 36.2 Å². The fraction of sp³-hybridized carbons (Fsp3) is 0.353. The minimum Gasteiger partial charge on any atom is -0.490 e. The third-order valence-corrected chi connectivity index (χ3v) is 3.84. The zero-order valence-electron chi connectivity index (χ0n) is 12.2. The van der Waals surface area contributed by atoms with Crippen LogP contribution in [0.4, 0.5) is 4.39 Å². The van der Waals surface area contributed by atoms with E-state index in [0.717, 1.165) is 18.4 Å². The Morgan fingerprint density at radius 3 is 3.05 bits per heavy atom. The summed E-state index contributed by atoms with van der Waals surface area (Å²) in [5, 5.41) is 13.5. The molecule has 1 aromatic heterocycles. The SMILES string of the molecule is OC(CNC1CCCOc2c(F)cccc21)c1ccccn1. The van der Waals surface area contributed by atoms with E-state index in [-0.39, 0.29) is 11.9 Å². The summed E-state index contributed by atoms with van der Waals surface area (Å²) >= 11 is 0. The fourth-order valence-corrected chi connectivity index (χ4v) is 2.71. The van der Waals surface area contributed by atoms with Gasteiger partial charge in [0.05, 0.1) is 12.3 Å². The second kappa shape index (κ2) is 6.85. The molecule has 2 heterocycles. The summed E-state index contributed by atoms with van der Waals surface area (Å²) in [5.41, 5.74) is 1.44. The van der Waals surface area contributed by atoms with Gasteiger partial charge in [0, 0.05) is 24.3 Å². The van der Waals surface area contributed by atoms with Crippen molar-refractivity contribution >= 4 is 0 Å². The third kappa shape index (κ3) is 3.26. The average molecular weight is 302 g/mol. The molecule has 4 nitrogen and oxygen atoms in total. The lowest BCUT2D eigenvalue weighted by Gasteiger charge is -2.20. The molecular formula is C17H19FN2O2. The van der Waals surface area contributed by atoms with Crippen molar-refractivity contribution in [3.63, 3.8) is 0 Å². The van der Waals surface area contributed by atoms with Crippen LogP contribution < -0.4 is 10.1 Å². The van der Waals surface area contributed by atoms with Gasteiger partial charge in [-0.05, 0) is 31.0 Å². The molecule has 1 aromatic carbocycles. The van der Waals surface area contributed by atoms with Gasteiger partial charge in [-0.2, -0.15) is 0 Å². The highest BCUT2D eigenvalue weighted by Crippen LogP contribution is 2.33. The topological polar surface area (TPSA) is 54.4 Å². The van der Waals surface area contributed by atoms with Crippen LogP contribution in [0.2, 0.25) is 0 Å². The zero-order chi connectivity index (χ0) is 15.4. The summed E-state index contributed by atoms with van der Waals surface area (Å²) in [4.78, 5) is 4.14. The largest absolute Gasteiger partial charge is 0.490 e. The lowest BCUT2D eigenvalue weighted by molar-refractivity contribution is 0.164. The van der Waals surface area contributed by atoms with Gasteiger partial charge in [-0.3, -0.25) is 4.98 Å². The molecule has 0 amide bonds. The van der Waals surface area contributed by atoms with E-state index in [9.17, 15) is 9.50 Å². The van der Waals surface area contributed by atoms with Crippen molar-refractivity contribution in [1.82, 2.24) is 10.3 Å². The van der Waals surface area contributed by atoms with Crippen LogP contribution in [0.15, 0.2) is 42.6 Å². The van der Waals surface area contributed by atoms with Gasteiger partial charge in [-0.25, -0.2) is 4.39 Å². The third-order valence-electron chi connectivity index (χ3n) is 3.84. The van der Waals surface area contributed by atoms with E-state index in [4.69, 9.17) is 4.74 Å². The average Bonchev–Trinajstić information content (AvgIpc) is 2.77. The number of aliphatic hydroxyl groups is 1. The number of fused-ring (bicyclic) bond motifs is 1. The molecule has 2 N–H and O–H groups in total. The molecular weight excluding hydrogens is 283 g/mol. The summed E-state index contributed by atoms with van der Waals surface area (Å²) in [6.07, 6.45) is 2.64. The summed E-state index contributed by atoms with van der Waals surface area (Å²) in [5.74, 6) is -0.0127. The number of nitrogens with zero attached hydrogens (tertiary/aromatic N) is 1. The van der Waals surface area contributed by atoms with Crippen LogP contribution in [0.3, 0.4) is 0 Å². The van der Waals surface area contributed by atoms with E-state index < -0.39 is 6.10 Å². The minimum absolute atomic E-state index is 0.0356. The highest BCUT2D eigenvalue weighted by molar-refractivity contribution is 5.38. The number of aliphatic hydroxyl groups excluding tert-OH is 1. The van der Waals surface area contributed by atoms with Crippen LogP contribution in [-0.4, -0.2) is 23.2 Å². The zero-order valence-corrected chi connectivity index (χ0v) is 12.2. The number of ether oxygens (including phenoxy) is 1. The maximum absolute atomic E-state index is 13.9. The predicted molar refractivity (Wildman–Crippen MR) is 81.1 cm³/mol. The first-order chi connectivity index (χ1) is 10.8. The second-order valence-corrected chi connectivity index (χ2v) is 5.38. The standard InChI is InChI=1S/C17H19FN2O2/c18-13-6-3-5-12-14(8-4-10-22-17(12)13)20-11-16(21)15-7-1-2-9-19-15/h1-3,5-7,9,14,16,20-21H,4,8,10-11H2. The molecule has 0 spiro atoms. The van der Waals surface area contributed by atoms with Crippen LogP contribution in [0, 0.1) is 5.82 Å². The molecule has 0 fully saturated rings. The van der Waals surface area contributed by atoms with Crippen molar-refractivity contribution in [1.29, 1.82) is 0 Å². The number of halogens is 1. The number of nitrogens with one attached hydrogen (secondary N) is 1. The molecule has 5 heteroatoms. The molecule has 3 rings (SSSR count). The fourth-order valence-electron chi connectivity index (χ4n) is 2.71. The Labute approximate surface area is 129 Å². The Balaban J connectivity index is 1.72. The molecule has 1 aliphatic rings. The molecule has 2 atom stereocenters. The van der Waals surface area contributed by atoms with Crippen molar-refractivity contribution in [2.45, 2.75) is 25.0 Å². The van der Waals surface area contributed by atoms with Crippen LogP contribution in [-0.2, 0) is 0 Å². The number of rotatable bonds is 4. The van der Waals surface area contributed by atoms with E-state index in [0.29, 0.717) is 24.6 Å². The first-order valence-electron chi connectivity index (χ1n) is 7.49. The molecule has 0 saturated carbocycles. The Morgan fingerprint density at radius 1 is 1.32 bits per heavy atom. The molecule has 2 unspecified atom stereocenters. The molecule has 0 saturated heterocycles. The minimum atomic E-state index is -0.692. The van der Waals surface area contributed by atoms with Crippen molar-refractivity contribution in [2.75, 3.05) is 13.2 Å². The molecule has 0 radical (unpaired) electrons. The normalized spacial score (nSPS) is 18.9. The van der Waals surface area contributed by atoms with Crippen LogP contribution in [0.5, 0.6) is 5.75 Å². The maximum atomic E-state index is 13.9. The monoisotopic (exact) mass is 302 g/mol.